The predicted molar refractivity (Wildman–Crippen MR) is 101 cm³/mol. The molecule has 126 valence electrons. The van der Waals surface area contributed by atoms with Crippen molar-refractivity contribution in [3.63, 3.8) is 0 Å². The van der Waals surface area contributed by atoms with Gasteiger partial charge >= 0.3 is 0 Å². The van der Waals surface area contributed by atoms with Gasteiger partial charge < -0.3 is 0 Å². The molecule has 0 N–H and O–H groups in total. The number of ketones is 2. The van der Waals surface area contributed by atoms with Crippen molar-refractivity contribution in [2.24, 2.45) is 11.8 Å². The molecule has 0 heterocycles. The van der Waals surface area contributed by atoms with E-state index < -0.39 is 0 Å². The largest absolute Gasteiger partial charge is 0.289 e. The molecule has 25 heavy (non-hydrogen) atoms. The van der Waals surface area contributed by atoms with Crippen LogP contribution in [-0.2, 0) is 0 Å². The van der Waals surface area contributed by atoms with Crippen LogP contribution in [0.2, 0.25) is 0 Å². The normalized spacial score (nSPS) is 20.3. The van der Waals surface area contributed by atoms with E-state index in [4.69, 9.17) is 0 Å². The Bertz CT molecular complexity index is 705. The summed E-state index contributed by atoms with van der Waals surface area (Å²) in [7, 11) is 0. The Morgan fingerprint density at radius 2 is 1.08 bits per heavy atom. The lowest BCUT2D eigenvalue weighted by atomic mass is 10.0. The fourth-order valence-corrected chi connectivity index (χ4v) is 3.25. The minimum Gasteiger partial charge on any atom is -0.289 e. The van der Waals surface area contributed by atoms with Gasteiger partial charge in [0, 0.05) is 11.1 Å². The van der Waals surface area contributed by atoms with Crippen LogP contribution in [0.4, 0.5) is 0 Å². The van der Waals surface area contributed by atoms with E-state index in [-0.39, 0.29) is 11.6 Å². The van der Waals surface area contributed by atoms with Crippen LogP contribution in [0.5, 0.6) is 0 Å². The summed E-state index contributed by atoms with van der Waals surface area (Å²) in [5.74, 6) is 0.931. The molecule has 0 amide bonds. The monoisotopic (exact) mass is 330 g/mol. The third kappa shape index (κ3) is 4.87. The predicted octanol–water partition coefficient (Wildman–Crippen LogP) is 5.28. The third-order valence-corrected chi connectivity index (χ3v) is 4.67. The van der Waals surface area contributed by atoms with Crippen LogP contribution in [0.15, 0.2) is 85.0 Å². The minimum absolute atomic E-state index is 0.0545. The smallest absolute Gasteiger partial charge is 0.185 e. The molecule has 1 saturated carbocycles. The molecule has 3 rings (SSSR count). The Morgan fingerprint density at radius 3 is 1.48 bits per heavy atom. The first-order valence-corrected chi connectivity index (χ1v) is 8.77. The molecular formula is C23H22O2. The summed E-state index contributed by atoms with van der Waals surface area (Å²) in [6.07, 6.45) is 10.6. The van der Waals surface area contributed by atoms with E-state index in [0.29, 0.717) is 11.8 Å². The van der Waals surface area contributed by atoms with Crippen LogP contribution in [0.3, 0.4) is 0 Å². The molecule has 2 nitrogen and oxygen atoms in total. The summed E-state index contributed by atoms with van der Waals surface area (Å²) in [6.45, 7) is 0. The highest BCUT2D eigenvalue weighted by Crippen LogP contribution is 2.32. The maximum atomic E-state index is 12.1. The van der Waals surface area contributed by atoms with Gasteiger partial charge in [-0.25, -0.2) is 0 Å². The van der Waals surface area contributed by atoms with Crippen molar-refractivity contribution in [2.45, 2.75) is 19.3 Å². The highest BCUT2D eigenvalue weighted by Gasteiger charge is 2.21. The Morgan fingerprint density at radius 1 is 0.680 bits per heavy atom. The van der Waals surface area contributed by atoms with Gasteiger partial charge in [0.25, 0.3) is 0 Å². The van der Waals surface area contributed by atoms with Crippen LogP contribution in [-0.4, -0.2) is 11.6 Å². The highest BCUT2D eigenvalue weighted by atomic mass is 16.1. The number of carbonyl (C=O) groups is 2. The van der Waals surface area contributed by atoms with Gasteiger partial charge in [-0.15, -0.1) is 0 Å². The average molecular weight is 330 g/mol. The molecule has 2 aromatic rings. The quantitative estimate of drug-likeness (QED) is 0.533. The average Bonchev–Trinajstić information content (AvgIpc) is 3.13. The second kappa shape index (κ2) is 8.39. The van der Waals surface area contributed by atoms with Crippen molar-refractivity contribution >= 4 is 11.6 Å². The molecule has 1 aliphatic rings. The zero-order valence-corrected chi connectivity index (χ0v) is 14.2. The van der Waals surface area contributed by atoms with Crippen LogP contribution in [0.25, 0.3) is 0 Å². The topological polar surface area (TPSA) is 34.1 Å². The van der Waals surface area contributed by atoms with Crippen LogP contribution < -0.4 is 0 Å². The number of hydrogen-bond donors (Lipinski definition) is 0. The van der Waals surface area contributed by atoms with E-state index in [2.05, 4.69) is 0 Å². The number of rotatable bonds is 6. The zero-order valence-electron chi connectivity index (χ0n) is 14.2. The van der Waals surface area contributed by atoms with E-state index in [1.54, 1.807) is 12.2 Å². The van der Waals surface area contributed by atoms with Gasteiger partial charge in [0.1, 0.15) is 0 Å². The van der Waals surface area contributed by atoms with E-state index >= 15 is 0 Å². The fourth-order valence-electron chi connectivity index (χ4n) is 3.25. The van der Waals surface area contributed by atoms with E-state index in [0.717, 1.165) is 30.4 Å². The molecule has 2 aromatic carbocycles. The van der Waals surface area contributed by atoms with E-state index in [1.165, 1.54) is 0 Å². The molecule has 0 radical (unpaired) electrons. The standard InChI is InChI=1S/C23H22O2/c24-22(20-7-3-1-4-8-20)15-13-18-11-12-19(17-18)14-16-23(25)21-9-5-2-6-10-21/h1-10,13-16,18-19H,11-12,17H2/b15-13+,16-14+. The van der Waals surface area contributed by atoms with Gasteiger partial charge in [0.2, 0.25) is 0 Å². The maximum absolute atomic E-state index is 12.1. The Balaban J connectivity index is 1.52. The first-order chi connectivity index (χ1) is 12.2. The van der Waals surface area contributed by atoms with E-state index in [1.807, 2.05) is 72.8 Å². The summed E-state index contributed by atoms with van der Waals surface area (Å²) >= 11 is 0. The van der Waals surface area contributed by atoms with Crippen molar-refractivity contribution in [1.82, 2.24) is 0 Å². The second-order valence-corrected chi connectivity index (χ2v) is 6.51. The van der Waals surface area contributed by atoms with Gasteiger partial charge in [-0.2, -0.15) is 0 Å². The molecule has 1 fully saturated rings. The highest BCUT2D eigenvalue weighted by molar-refractivity contribution is 6.04. The van der Waals surface area contributed by atoms with Gasteiger partial charge in [-0.05, 0) is 43.3 Å². The summed E-state index contributed by atoms with van der Waals surface area (Å²) in [5, 5.41) is 0. The molecular weight excluding hydrogens is 308 g/mol. The maximum Gasteiger partial charge on any atom is 0.185 e. The van der Waals surface area contributed by atoms with Crippen molar-refractivity contribution in [3.8, 4) is 0 Å². The number of carbonyl (C=O) groups excluding carboxylic acids is 2. The molecule has 0 aromatic heterocycles. The molecule has 0 bridgehead atoms. The SMILES string of the molecule is O=C(/C=C/C1CCC(/C=C/C(=O)c2ccccc2)C1)c1ccccc1. The van der Waals surface area contributed by atoms with Crippen molar-refractivity contribution in [1.29, 1.82) is 0 Å². The molecule has 0 saturated heterocycles. The lowest BCUT2D eigenvalue weighted by Gasteiger charge is -2.03. The zero-order chi connectivity index (χ0) is 17.5. The number of allylic oxidation sites excluding steroid dienone is 4. The van der Waals surface area contributed by atoms with Gasteiger partial charge in [-0.1, -0.05) is 72.8 Å². The molecule has 2 atom stereocenters. The molecule has 0 spiro atoms. The Labute approximate surface area is 148 Å². The Hall–Kier alpha value is -2.74. The molecule has 2 unspecified atom stereocenters. The molecule has 1 aliphatic carbocycles. The minimum atomic E-state index is 0.0545. The first-order valence-electron chi connectivity index (χ1n) is 8.77. The van der Waals surface area contributed by atoms with Gasteiger partial charge in [-0.3, -0.25) is 9.59 Å². The summed E-state index contributed by atoms with van der Waals surface area (Å²) in [5.41, 5.74) is 1.45. The molecule has 2 heteroatoms. The van der Waals surface area contributed by atoms with Gasteiger partial charge in [0.15, 0.2) is 11.6 Å². The number of hydrogen-bond acceptors (Lipinski definition) is 2. The van der Waals surface area contributed by atoms with Crippen LogP contribution in [0, 0.1) is 11.8 Å². The van der Waals surface area contributed by atoms with E-state index in [9.17, 15) is 9.59 Å². The number of benzene rings is 2. The molecule has 0 aliphatic heterocycles. The second-order valence-electron chi connectivity index (χ2n) is 6.51. The van der Waals surface area contributed by atoms with Crippen molar-refractivity contribution in [2.75, 3.05) is 0 Å². The fraction of sp³-hybridized carbons (Fsp3) is 0.217. The lowest BCUT2D eigenvalue weighted by molar-refractivity contribution is 0.103. The van der Waals surface area contributed by atoms with Crippen molar-refractivity contribution < 1.29 is 9.59 Å². The first kappa shape index (κ1) is 17.1. The summed E-state index contributed by atoms with van der Waals surface area (Å²) in [4.78, 5) is 24.2. The summed E-state index contributed by atoms with van der Waals surface area (Å²) in [6, 6.07) is 18.7. The van der Waals surface area contributed by atoms with Crippen LogP contribution >= 0.6 is 0 Å². The van der Waals surface area contributed by atoms with Crippen LogP contribution in [0.1, 0.15) is 40.0 Å². The Kier molecular flexibility index (Phi) is 5.73. The summed E-state index contributed by atoms with van der Waals surface area (Å²) < 4.78 is 0. The van der Waals surface area contributed by atoms with Crippen molar-refractivity contribution in [3.05, 3.63) is 96.1 Å². The van der Waals surface area contributed by atoms with Gasteiger partial charge in [0.05, 0.1) is 0 Å². The lowest BCUT2D eigenvalue weighted by Crippen LogP contribution is -1.97. The third-order valence-electron chi connectivity index (χ3n) is 4.67.